The minimum Gasteiger partial charge on any atom is -0.481 e. The molecular formula is C15H24N2O7. The first-order valence-electron chi connectivity index (χ1n) is 7.76. The summed E-state index contributed by atoms with van der Waals surface area (Å²) in [5.74, 6) is -2.84. The van der Waals surface area contributed by atoms with Gasteiger partial charge < -0.3 is 25.2 Å². The Morgan fingerprint density at radius 1 is 1.25 bits per heavy atom. The van der Waals surface area contributed by atoms with Gasteiger partial charge in [-0.1, -0.05) is 0 Å². The molecule has 1 rings (SSSR count). The zero-order valence-electron chi connectivity index (χ0n) is 14.1. The smallest absolute Gasteiger partial charge is 0.408 e. The maximum absolute atomic E-state index is 12.6. The molecule has 1 heterocycles. The molecule has 24 heavy (non-hydrogen) atoms. The number of alkyl carbamates (subject to hydrolysis) is 1. The van der Waals surface area contributed by atoms with Crippen molar-refractivity contribution in [3.63, 3.8) is 0 Å². The van der Waals surface area contributed by atoms with Crippen LogP contribution in [0.3, 0.4) is 0 Å². The van der Waals surface area contributed by atoms with Gasteiger partial charge in [-0.3, -0.25) is 9.59 Å². The van der Waals surface area contributed by atoms with Crippen molar-refractivity contribution in [3.05, 3.63) is 0 Å². The molecule has 1 saturated heterocycles. The quantitative estimate of drug-likeness (QED) is 0.649. The Balaban J connectivity index is 2.83. The third-order valence-electron chi connectivity index (χ3n) is 3.46. The van der Waals surface area contributed by atoms with Crippen LogP contribution in [0, 0.1) is 0 Å². The fourth-order valence-corrected chi connectivity index (χ4v) is 2.46. The average molecular weight is 344 g/mol. The zero-order valence-corrected chi connectivity index (χ0v) is 14.1. The number of carbonyl (C=O) groups excluding carboxylic acids is 2. The Bertz CT molecular complexity index is 512. The third kappa shape index (κ3) is 6.05. The van der Waals surface area contributed by atoms with Gasteiger partial charge in [-0.15, -0.1) is 0 Å². The first-order chi connectivity index (χ1) is 11.0. The van der Waals surface area contributed by atoms with E-state index >= 15 is 0 Å². The summed E-state index contributed by atoms with van der Waals surface area (Å²) in [5.41, 5.74) is -0.776. The number of hydrogen-bond acceptors (Lipinski definition) is 5. The van der Waals surface area contributed by atoms with E-state index in [4.69, 9.17) is 14.9 Å². The number of carboxylic acids is 2. The number of ether oxygens (including phenoxy) is 1. The molecule has 0 bridgehead atoms. The normalized spacial score (nSPS) is 18.8. The van der Waals surface area contributed by atoms with Crippen LogP contribution in [0.5, 0.6) is 0 Å². The van der Waals surface area contributed by atoms with E-state index in [1.54, 1.807) is 20.8 Å². The summed E-state index contributed by atoms with van der Waals surface area (Å²) in [4.78, 5) is 47.6. The molecule has 3 N–H and O–H groups in total. The van der Waals surface area contributed by atoms with Crippen molar-refractivity contribution in [2.75, 3.05) is 6.54 Å². The van der Waals surface area contributed by atoms with Gasteiger partial charge in [0.25, 0.3) is 0 Å². The molecule has 0 aromatic carbocycles. The Morgan fingerprint density at radius 3 is 2.38 bits per heavy atom. The predicted octanol–water partition coefficient (Wildman–Crippen LogP) is 0.820. The molecule has 0 aromatic heterocycles. The van der Waals surface area contributed by atoms with Crippen molar-refractivity contribution >= 4 is 23.9 Å². The zero-order chi connectivity index (χ0) is 18.5. The molecule has 1 aliphatic rings. The fourth-order valence-electron chi connectivity index (χ4n) is 2.46. The molecule has 0 unspecified atom stereocenters. The van der Waals surface area contributed by atoms with Crippen LogP contribution in [0.1, 0.15) is 46.5 Å². The van der Waals surface area contributed by atoms with Gasteiger partial charge in [0.1, 0.15) is 17.7 Å². The third-order valence-corrected chi connectivity index (χ3v) is 3.46. The minimum absolute atomic E-state index is 0.143. The molecule has 0 aromatic rings. The van der Waals surface area contributed by atoms with E-state index < -0.39 is 41.6 Å². The van der Waals surface area contributed by atoms with Crippen molar-refractivity contribution in [3.8, 4) is 0 Å². The molecule has 136 valence electrons. The number of likely N-dealkylation sites (tertiary alicyclic amines) is 1. The van der Waals surface area contributed by atoms with Crippen molar-refractivity contribution in [1.29, 1.82) is 0 Å². The largest absolute Gasteiger partial charge is 0.481 e. The van der Waals surface area contributed by atoms with Gasteiger partial charge in [0.2, 0.25) is 5.91 Å². The Hall–Kier alpha value is -2.32. The van der Waals surface area contributed by atoms with Crippen molar-refractivity contribution in [2.24, 2.45) is 0 Å². The summed E-state index contributed by atoms with van der Waals surface area (Å²) in [7, 11) is 0. The number of carbonyl (C=O) groups is 4. The fraction of sp³-hybridized carbons (Fsp3) is 0.733. The van der Waals surface area contributed by atoms with Gasteiger partial charge in [0.05, 0.1) is 0 Å². The number of rotatable bonds is 6. The van der Waals surface area contributed by atoms with E-state index in [0.717, 1.165) is 0 Å². The van der Waals surface area contributed by atoms with Gasteiger partial charge in [-0.25, -0.2) is 9.59 Å². The van der Waals surface area contributed by atoms with Gasteiger partial charge in [0.15, 0.2) is 0 Å². The first kappa shape index (κ1) is 19.7. The number of nitrogens with zero attached hydrogens (tertiary/aromatic N) is 1. The number of hydrogen-bond donors (Lipinski definition) is 3. The van der Waals surface area contributed by atoms with Gasteiger partial charge in [-0.2, -0.15) is 0 Å². The van der Waals surface area contributed by atoms with Crippen LogP contribution in [0.25, 0.3) is 0 Å². The number of carboxylic acid groups (broad SMARTS) is 2. The van der Waals surface area contributed by atoms with Crippen LogP contribution in [0.15, 0.2) is 0 Å². The molecule has 2 atom stereocenters. The Labute approximate surface area is 140 Å². The second-order valence-electron chi connectivity index (χ2n) is 6.66. The topological polar surface area (TPSA) is 133 Å². The number of nitrogens with one attached hydrogen (secondary N) is 1. The standard InChI is InChI=1S/C15H24N2O7/c1-15(2,3)24-14(23)16-9(6-7-11(18)19)12(20)17-8-4-5-10(17)13(21)22/h9-10H,4-8H2,1-3H3,(H,16,23)(H,18,19)(H,21,22)/t9-,10-/m0/s1. The Morgan fingerprint density at radius 2 is 1.88 bits per heavy atom. The lowest BCUT2D eigenvalue weighted by atomic mass is 10.1. The highest BCUT2D eigenvalue weighted by Gasteiger charge is 2.38. The number of amides is 2. The summed E-state index contributed by atoms with van der Waals surface area (Å²) in [6.07, 6.45) is -0.453. The van der Waals surface area contributed by atoms with Crippen molar-refractivity contribution < 1.29 is 34.1 Å². The molecular weight excluding hydrogens is 320 g/mol. The van der Waals surface area contributed by atoms with E-state index in [9.17, 15) is 19.2 Å². The first-order valence-corrected chi connectivity index (χ1v) is 7.76. The van der Waals surface area contributed by atoms with Gasteiger partial charge >= 0.3 is 18.0 Å². The molecule has 0 spiro atoms. The van der Waals surface area contributed by atoms with Crippen molar-refractivity contribution in [1.82, 2.24) is 10.2 Å². The Kier molecular flexibility index (Phi) is 6.56. The van der Waals surface area contributed by atoms with Crippen LogP contribution in [0.2, 0.25) is 0 Å². The highest BCUT2D eigenvalue weighted by atomic mass is 16.6. The van der Waals surface area contributed by atoms with Crippen LogP contribution >= 0.6 is 0 Å². The predicted molar refractivity (Wildman–Crippen MR) is 82.4 cm³/mol. The molecule has 1 fully saturated rings. The summed E-state index contributed by atoms with van der Waals surface area (Å²) < 4.78 is 5.08. The van der Waals surface area contributed by atoms with E-state index in [-0.39, 0.29) is 19.4 Å². The molecule has 0 radical (unpaired) electrons. The molecule has 1 aliphatic heterocycles. The lowest BCUT2D eigenvalue weighted by Gasteiger charge is -2.28. The second kappa shape index (κ2) is 7.98. The highest BCUT2D eigenvalue weighted by Crippen LogP contribution is 2.20. The average Bonchev–Trinajstić information content (AvgIpc) is 2.89. The maximum atomic E-state index is 12.6. The molecule has 0 aliphatic carbocycles. The van der Waals surface area contributed by atoms with Crippen LogP contribution in [-0.2, 0) is 19.1 Å². The van der Waals surface area contributed by atoms with Gasteiger partial charge in [-0.05, 0) is 40.0 Å². The summed E-state index contributed by atoms with van der Waals surface area (Å²) in [5, 5.41) is 20.3. The monoisotopic (exact) mass is 344 g/mol. The molecule has 9 nitrogen and oxygen atoms in total. The second-order valence-corrected chi connectivity index (χ2v) is 6.66. The number of aliphatic carboxylic acids is 2. The highest BCUT2D eigenvalue weighted by molar-refractivity contribution is 5.90. The maximum Gasteiger partial charge on any atom is 0.408 e. The summed E-state index contributed by atoms with van der Waals surface area (Å²) in [6.45, 7) is 5.22. The molecule has 2 amide bonds. The molecule has 0 saturated carbocycles. The van der Waals surface area contributed by atoms with Crippen molar-refractivity contribution in [2.45, 2.75) is 64.1 Å². The van der Waals surface area contributed by atoms with E-state index in [2.05, 4.69) is 5.32 Å². The SMILES string of the molecule is CC(C)(C)OC(=O)N[C@@H](CCC(=O)O)C(=O)N1CCC[C@H]1C(=O)O. The van der Waals surface area contributed by atoms with E-state index in [1.807, 2.05) is 0 Å². The van der Waals surface area contributed by atoms with E-state index in [0.29, 0.717) is 12.8 Å². The van der Waals surface area contributed by atoms with Crippen LogP contribution < -0.4 is 5.32 Å². The molecule has 9 heteroatoms. The lowest BCUT2D eigenvalue weighted by Crippen LogP contribution is -2.52. The van der Waals surface area contributed by atoms with Crippen LogP contribution in [0.4, 0.5) is 4.79 Å². The summed E-state index contributed by atoms with van der Waals surface area (Å²) in [6, 6.07) is -2.10. The minimum atomic E-state index is -1.14. The van der Waals surface area contributed by atoms with E-state index in [1.165, 1.54) is 4.90 Å². The summed E-state index contributed by atoms with van der Waals surface area (Å²) >= 11 is 0. The van der Waals surface area contributed by atoms with Crippen LogP contribution in [-0.4, -0.2) is 63.3 Å². The van der Waals surface area contributed by atoms with Gasteiger partial charge in [0, 0.05) is 13.0 Å². The lowest BCUT2D eigenvalue weighted by molar-refractivity contribution is -0.149.